The van der Waals surface area contributed by atoms with Gasteiger partial charge < -0.3 is 24.6 Å². The van der Waals surface area contributed by atoms with Crippen LogP contribution in [0.1, 0.15) is 31.7 Å². The normalized spacial score (nSPS) is 21.8. The van der Waals surface area contributed by atoms with Gasteiger partial charge in [0.05, 0.1) is 12.4 Å². The lowest BCUT2D eigenvalue weighted by Crippen LogP contribution is -2.34. The first-order valence-corrected chi connectivity index (χ1v) is 9.65. The minimum Gasteiger partial charge on any atom is -0.485 e. The SMILES string of the molecule is CC(Cn1cnc(N)c2ncnc1-2)[C@H]1CCC2=Cc3c(cc(O)oc3=O)OC2C1. The molecule has 0 bridgehead atoms. The number of aromatic nitrogens is 4. The van der Waals surface area contributed by atoms with Crippen molar-refractivity contribution in [2.45, 2.75) is 38.8 Å². The fourth-order valence-corrected chi connectivity index (χ4v) is 4.39. The third-order valence-corrected chi connectivity index (χ3v) is 5.99. The number of nitrogen functional groups attached to an aromatic ring is 1. The fourth-order valence-electron chi connectivity index (χ4n) is 4.39. The molecule has 5 rings (SSSR count). The van der Waals surface area contributed by atoms with E-state index in [-0.39, 0.29) is 6.10 Å². The van der Waals surface area contributed by atoms with Gasteiger partial charge in [-0.3, -0.25) is 0 Å². The van der Waals surface area contributed by atoms with Gasteiger partial charge in [-0.25, -0.2) is 19.7 Å². The predicted octanol–water partition coefficient (Wildman–Crippen LogP) is 2.30. The summed E-state index contributed by atoms with van der Waals surface area (Å²) < 4.78 is 12.8. The molecule has 0 amide bonds. The van der Waals surface area contributed by atoms with Gasteiger partial charge in [0, 0.05) is 6.54 Å². The second kappa shape index (κ2) is 6.61. The van der Waals surface area contributed by atoms with Crippen molar-refractivity contribution >= 4 is 11.9 Å². The Hall–Kier alpha value is -3.36. The molecule has 150 valence electrons. The second-order valence-electron chi connectivity index (χ2n) is 7.82. The number of fused-ring (bicyclic) bond motifs is 3. The number of hydrogen-bond acceptors (Lipinski definition) is 8. The molecule has 9 heteroatoms. The van der Waals surface area contributed by atoms with Crippen molar-refractivity contribution in [2.24, 2.45) is 11.8 Å². The summed E-state index contributed by atoms with van der Waals surface area (Å²) in [6.45, 7) is 2.96. The number of nitrogens with zero attached hydrogens (tertiary/aromatic N) is 4. The van der Waals surface area contributed by atoms with Gasteiger partial charge in [-0.05, 0) is 42.7 Å². The molecule has 1 aromatic rings. The van der Waals surface area contributed by atoms with Crippen LogP contribution in [0.25, 0.3) is 17.6 Å². The van der Waals surface area contributed by atoms with Crippen molar-refractivity contribution in [1.82, 2.24) is 19.5 Å². The Balaban J connectivity index is 1.34. The number of anilines is 1. The zero-order valence-corrected chi connectivity index (χ0v) is 15.9. The van der Waals surface area contributed by atoms with E-state index in [9.17, 15) is 9.90 Å². The lowest BCUT2D eigenvalue weighted by molar-refractivity contribution is 0.134. The quantitative estimate of drug-likeness (QED) is 0.691. The smallest absolute Gasteiger partial charge is 0.349 e. The summed E-state index contributed by atoms with van der Waals surface area (Å²) in [6, 6.07) is 1.36. The van der Waals surface area contributed by atoms with E-state index in [4.69, 9.17) is 14.9 Å². The Kier molecular flexibility index (Phi) is 4.04. The zero-order chi connectivity index (χ0) is 20.1. The van der Waals surface area contributed by atoms with Crippen molar-refractivity contribution < 1.29 is 14.3 Å². The number of hydrogen-bond donors (Lipinski definition) is 2. The fraction of sp³-hybridized carbons (Fsp3) is 0.400. The highest BCUT2D eigenvalue weighted by atomic mass is 16.5. The summed E-state index contributed by atoms with van der Waals surface area (Å²) in [7, 11) is 0. The maximum absolute atomic E-state index is 12.0. The lowest BCUT2D eigenvalue weighted by Gasteiger charge is -2.37. The maximum Gasteiger partial charge on any atom is 0.349 e. The van der Waals surface area contributed by atoms with Crippen molar-refractivity contribution in [3.05, 3.63) is 40.3 Å². The first-order chi connectivity index (χ1) is 14.0. The summed E-state index contributed by atoms with van der Waals surface area (Å²) in [5, 5.41) is 9.56. The molecule has 9 nitrogen and oxygen atoms in total. The Morgan fingerprint density at radius 2 is 2.24 bits per heavy atom. The molecular formula is C20H21N5O4. The van der Waals surface area contributed by atoms with Crippen LogP contribution in [-0.4, -0.2) is 30.7 Å². The highest BCUT2D eigenvalue weighted by Crippen LogP contribution is 2.41. The third-order valence-electron chi connectivity index (χ3n) is 5.99. The van der Waals surface area contributed by atoms with E-state index >= 15 is 0 Å². The number of aromatic hydroxyl groups is 1. The molecule has 0 aromatic carbocycles. The van der Waals surface area contributed by atoms with Gasteiger partial charge in [-0.2, -0.15) is 0 Å². The van der Waals surface area contributed by atoms with Gasteiger partial charge in [0.2, 0.25) is 0 Å². The van der Waals surface area contributed by atoms with Crippen LogP contribution in [0.2, 0.25) is 0 Å². The molecule has 3 N–H and O–H groups in total. The molecule has 0 saturated heterocycles. The van der Waals surface area contributed by atoms with Crippen molar-refractivity contribution in [3.8, 4) is 23.2 Å². The highest BCUT2D eigenvalue weighted by Gasteiger charge is 2.34. The van der Waals surface area contributed by atoms with Crippen LogP contribution >= 0.6 is 0 Å². The minimum absolute atomic E-state index is 0.0989. The molecule has 0 radical (unpaired) electrons. The lowest BCUT2D eigenvalue weighted by atomic mass is 9.76. The standard InChI is InChI=1S/C20H21N5O4/c1-10(7-25-9-24-18(21)17-19(25)23-8-22-17)11-2-3-12-4-13-15(28-14(12)5-11)6-16(26)29-20(13)27/h4,6,8-11,14,26H,2-3,5,7,21H2,1H3/t10?,11-,14?/m0/s1. The first-order valence-electron chi connectivity index (χ1n) is 9.65. The minimum atomic E-state index is -0.575. The number of nitrogens with two attached hydrogens (primary N) is 1. The topological polar surface area (TPSA) is 129 Å². The molecule has 4 heterocycles. The maximum atomic E-state index is 12.0. The molecule has 2 unspecified atom stereocenters. The Morgan fingerprint density at radius 1 is 1.38 bits per heavy atom. The highest BCUT2D eigenvalue weighted by molar-refractivity contribution is 5.64. The molecule has 1 fully saturated rings. The predicted molar refractivity (Wildman–Crippen MR) is 104 cm³/mol. The third kappa shape index (κ3) is 3.02. The largest absolute Gasteiger partial charge is 0.485 e. The van der Waals surface area contributed by atoms with Gasteiger partial charge in [0.25, 0.3) is 5.95 Å². The number of ether oxygens (including phenoxy) is 1. The van der Waals surface area contributed by atoms with Gasteiger partial charge in [0.15, 0.2) is 11.6 Å². The molecule has 0 spiro atoms. The molecule has 29 heavy (non-hydrogen) atoms. The average Bonchev–Trinajstić information content (AvgIpc) is 3.19. The van der Waals surface area contributed by atoms with Gasteiger partial charge in [-0.1, -0.05) is 6.92 Å². The van der Waals surface area contributed by atoms with Gasteiger partial charge in [0.1, 0.15) is 29.4 Å². The molecule has 1 aromatic heterocycles. The Labute approximate surface area is 166 Å². The Bertz CT molecular complexity index is 1130. The monoisotopic (exact) mass is 395 g/mol. The summed E-state index contributed by atoms with van der Waals surface area (Å²) in [6.07, 6.45) is 7.68. The molecule has 1 saturated carbocycles. The first kappa shape index (κ1) is 17.7. The van der Waals surface area contributed by atoms with E-state index in [1.165, 1.54) is 12.4 Å². The van der Waals surface area contributed by atoms with Gasteiger partial charge in [-0.15, -0.1) is 0 Å². The van der Waals surface area contributed by atoms with E-state index in [1.54, 1.807) is 6.33 Å². The molecule has 3 atom stereocenters. The molecule has 3 aliphatic heterocycles. The van der Waals surface area contributed by atoms with E-state index in [1.807, 2.05) is 10.6 Å². The van der Waals surface area contributed by atoms with Crippen LogP contribution in [-0.2, 0) is 6.54 Å². The summed E-state index contributed by atoms with van der Waals surface area (Å²) >= 11 is 0. The van der Waals surface area contributed by atoms with E-state index < -0.39 is 11.6 Å². The van der Waals surface area contributed by atoms with Crippen LogP contribution in [0.4, 0.5) is 5.82 Å². The zero-order valence-electron chi connectivity index (χ0n) is 15.9. The molecule has 4 aliphatic rings. The van der Waals surface area contributed by atoms with Crippen molar-refractivity contribution in [2.75, 3.05) is 5.73 Å². The second-order valence-corrected chi connectivity index (χ2v) is 7.82. The van der Waals surface area contributed by atoms with Crippen LogP contribution < -0.4 is 16.1 Å². The molecular weight excluding hydrogens is 374 g/mol. The average molecular weight is 395 g/mol. The van der Waals surface area contributed by atoms with E-state index in [0.29, 0.717) is 34.7 Å². The molecule has 1 aliphatic carbocycles. The van der Waals surface area contributed by atoms with Crippen molar-refractivity contribution in [1.29, 1.82) is 0 Å². The number of rotatable bonds is 3. The summed E-state index contributed by atoms with van der Waals surface area (Å²) in [5.41, 5.74) is 7.41. The van der Waals surface area contributed by atoms with E-state index in [0.717, 1.165) is 37.2 Å². The Morgan fingerprint density at radius 3 is 3.10 bits per heavy atom. The van der Waals surface area contributed by atoms with E-state index in [2.05, 4.69) is 21.9 Å². The number of imidazole rings is 1. The van der Waals surface area contributed by atoms with Crippen LogP contribution in [0.3, 0.4) is 0 Å². The van der Waals surface area contributed by atoms with Crippen LogP contribution in [0.15, 0.2) is 33.5 Å². The van der Waals surface area contributed by atoms with Crippen LogP contribution in [0, 0.1) is 11.8 Å². The van der Waals surface area contributed by atoms with Crippen LogP contribution in [0.5, 0.6) is 11.7 Å². The van der Waals surface area contributed by atoms with Gasteiger partial charge >= 0.3 is 5.63 Å². The summed E-state index contributed by atoms with van der Waals surface area (Å²) in [4.78, 5) is 24.7. The summed E-state index contributed by atoms with van der Waals surface area (Å²) in [5.74, 6) is 1.85. The van der Waals surface area contributed by atoms with Crippen molar-refractivity contribution in [3.63, 3.8) is 0 Å².